The van der Waals surface area contributed by atoms with Gasteiger partial charge in [0.1, 0.15) is 0 Å². The van der Waals surface area contributed by atoms with Crippen LogP contribution in [0.2, 0.25) is 0 Å². The number of carbonyl (C=O) groups is 1. The molecule has 6 nitrogen and oxygen atoms in total. The number of carbonyl (C=O) groups excluding carboxylic acids is 1. The molecule has 6 heteroatoms. The second-order valence-electron chi connectivity index (χ2n) is 6.49. The van der Waals surface area contributed by atoms with E-state index >= 15 is 0 Å². The third-order valence-corrected chi connectivity index (χ3v) is 4.48. The molecule has 0 spiro atoms. The molecule has 0 saturated carbocycles. The summed E-state index contributed by atoms with van der Waals surface area (Å²) < 4.78 is 7.02. The highest BCUT2D eigenvalue weighted by Crippen LogP contribution is 2.28. The number of hydrogen-bond donors (Lipinski definition) is 1. The summed E-state index contributed by atoms with van der Waals surface area (Å²) in [6, 6.07) is 10.3. The zero-order chi connectivity index (χ0) is 17.6. The molecule has 0 unspecified atom stereocenters. The Morgan fingerprint density at radius 1 is 1.32 bits per heavy atom. The molecule has 1 amide bonds. The molecule has 1 aliphatic rings. The minimum atomic E-state index is 0.0127. The summed E-state index contributed by atoms with van der Waals surface area (Å²) in [5.74, 6) is 0.0127. The molecule has 1 aliphatic carbocycles. The summed E-state index contributed by atoms with van der Waals surface area (Å²) in [4.78, 5) is 14.0. The van der Waals surface area contributed by atoms with Crippen molar-refractivity contribution in [1.29, 1.82) is 0 Å². The van der Waals surface area contributed by atoms with E-state index in [-0.39, 0.29) is 5.91 Å². The maximum Gasteiger partial charge on any atom is 0.234 e. The van der Waals surface area contributed by atoms with Crippen LogP contribution in [-0.4, -0.2) is 54.4 Å². The molecule has 0 atom stereocenters. The lowest BCUT2D eigenvalue weighted by Gasteiger charge is -2.15. The highest BCUT2D eigenvalue weighted by molar-refractivity contribution is 5.77. The number of para-hydroxylation sites is 1. The SMILES string of the molecule is COCCNC(=O)CN(C)Cc1nn(-c2ccccc2)c2c1CCC2. The summed E-state index contributed by atoms with van der Waals surface area (Å²) >= 11 is 0. The van der Waals surface area contributed by atoms with Gasteiger partial charge in [0.2, 0.25) is 5.91 Å². The Kier molecular flexibility index (Phi) is 5.83. The predicted molar refractivity (Wildman–Crippen MR) is 96.8 cm³/mol. The van der Waals surface area contributed by atoms with E-state index in [0.717, 1.165) is 24.2 Å². The van der Waals surface area contributed by atoms with Gasteiger partial charge in [-0.2, -0.15) is 5.10 Å². The van der Waals surface area contributed by atoms with Gasteiger partial charge in [-0.25, -0.2) is 4.68 Å². The maximum atomic E-state index is 11.9. The number of fused-ring (bicyclic) bond motifs is 1. The first-order valence-electron chi connectivity index (χ1n) is 8.78. The Balaban J connectivity index is 1.68. The van der Waals surface area contributed by atoms with E-state index in [9.17, 15) is 4.79 Å². The Labute approximate surface area is 148 Å². The summed E-state index contributed by atoms with van der Waals surface area (Å²) in [6.45, 7) is 2.11. The van der Waals surface area contributed by atoms with E-state index in [0.29, 0.717) is 26.2 Å². The first-order valence-corrected chi connectivity index (χ1v) is 8.78. The third-order valence-electron chi connectivity index (χ3n) is 4.48. The molecule has 3 rings (SSSR count). The van der Waals surface area contributed by atoms with Gasteiger partial charge in [-0.1, -0.05) is 18.2 Å². The van der Waals surface area contributed by atoms with E-state index in [4.69, 9.17) is 9.84 Å². The van der Waals surface area contributed by atoms with Crippen molar-refractivity contribution in [2.45, 2.75) is 25.8 Å². The van der Waals surface area contributed by atoms with E-state index < -0.39 is 0 Å². The van der Waals surface area contributed by atoms with Crippen molar-refractivity contribution in [3.8, 4) is 5.69 Å². The molecule has 1 N–H and O–H groups in total. The van der Waals surface area contributed by atoms with Crippen LogP contribution in [0.1, 0.15) is 23.4 Å². The van der Waals surface area contributed by atoms with Crippen molar-refractivity contribution < 1.29 is 9.53 Å². The number of aromatic nitrogens is 2. The van der Waals surface area contributed by atoms with Crippen molar-refractivity contribution >= 4 is 5.91 Å². The summed E-state index contributed by atoms with van der Waals surface area (Å²) in [5, 5.41) is 7.70. The number of ether oxygens (including phenoxy) is 1. The molecular formula is C19H26N4O2. The minimum Gasteiger partial charge on any atom is -0.383 e. The van der Waals surface area contributed by atoms with Crippen molar-refractivity contribution in [3.05, 3.63) is 47.3 Å². The number of nitrogens with one attached hydrogen (secondary N) is 1. The molecule has 0 radical (unpaired) electrons. The summed E-state index contributed by atoms with van der Waals surface area (Å²) in [5.41, 5.74) is 4.87. The van der Waals surface area contributed by atoms with Crippen molar-refractivity contribution in [3.63, 3.8) is 0 Å². The molecule has 0 saturated heterocycles. The van der Waals surface area contributed by atoms with Gasteiger partial charge in [0.05, 0.1) is 24.5 Å². The predicted octanol–water partition coefficient (Wildman–Crippen LogP) is 1.56. The number of methoxy groups -OCH3 is 1. The van der Waals surface area contributed by atoms with E-state index in [2.05, 4.69) is 22.1 Å². The standard InChI is InChI=1S/C19H26N4O2/c1-22(14-19(24)20-11-12-25-2)13-17-16-9-6-10-18(16)23(21-17)15-7-4-3-5-8-15/h3-5,7-8H,6,9-14H2,1-2H3,(H,20,24). The first-order chi connectivity index (χ1) is 12.2. The maximum absolute atomic E-state index is 11.9. The molecule has 0 aliphatic heterocycles. The lowest BCUT2D eigenvalue weighted by molar-refractivity contribution is -0.122. The monoisotopic (exact) mass is 342 g/mol. The van der Waals surface area contributed by atoms with Gasteiger partial charge in [-0.3, -0.25) is 9.69 Å². The number of rotatable bonds is 8. The van der Waals surface area contributed by atoms with Crippen molar-refractivity contribution in [2.75, 3.05) is 33.9 Å². The largest absolute Gasteiger partial charge is 0.383 e. The fraction of sp³-hybridized carbons (Fsp3) is 0.474. The number of likely N-dealkylation sites (N-methyl/N-ethyl adjacent to an activating group) is 1. The lowest BCUT2D eigenvalue weighted by Crippen LogP contribution is -2.36. The van der Waals surface area contributed by atoms with E-state index in [1.165, 1.54) is 17.7 Å². The van der Waals surface area contributed by atoms with Gasteiger partial charge in [0.25, 0.3) is 0 Å². The Hall–Kier alpha value is -2.18. The number of amides is 1. The molecule has 25 heavy (non-hydrogen) atoms. The average molecular weight is 342 g/mol. The minimum absolute atomic E-state index is 0.0127. The van der Waals surface area contributed by atoms with Gasteiger partial charge in [0.15, 0.2) is 0 Å². The smallest absolute Gasteiger partial charge is 0.234 e. The summed E-state index contributed by atoms with van der Waals surface area (Å²) in [7, 11) is 3.58. The van der Waals surface area contributed by atoms with E-state index in [1.54, 1.807) is 7.11 Å². The second kappa shape index (κ2) is 8.27. The molecule has 2 aromatic rings. The number of hydrogen-bond acceptors (Lipinski definition) is 4. The summed E-state index contributed by atoms with van der Waals surface area (Å²) in [6.07, 6.45) is 3.32. The van der Waals surface area contributed by atoms with Crippen LogP contribution in [-0.2, 0) is 28.9 Å². The molecule has 134 valence electrons. The average Bonchev–Trinajstić information content (AvgIpc) is 3.20. The molecule has 1 aromatic carbocycles. The zero-order valence-corrected chi connectivity index (χ0v) is 15.0. The number of nitrogens with zero attached hydrogens (tertiary/aromatic N) is 3. The Bertz CT molecular complexity index is 712. The fourth-order valence-electron chi connectivity index (χ4n) is 3.33. The third kappa shape index (κ3) is 4.27. The highest BCUT2D eigenvalue weighted by Gasteiger charge is 2.23. The zero-order valence-electron chi connectivity index (χ0n) is 15.0. The van der Waals surface area contributed by atoms with Crippen LogP contribution < -0.4 is 5.32 Å². The van der Waals surface area contributed by atoms with Crippen LogP contribution in [0.3, 0.4) is 0 Å². The Morgan fingerprint density at radius 3 is 2.88 bits per heavy atom. The van der Waals surface area contributed by atoms with Gasteiger partial charge in [0, 0.05) is 25.9 Å². The van der Waals surface area contributed by atoms with Gasteiger partial charge in [-0.15, -0.1) is 0 Å². The molecule has 0 fully saturated rings. The van der Waals surface area contributed by atoms with Gasteiger partial charge >= 0.3 is 0 Å². The van der Waals surface area contributed by atoms with E-state index in [1.807, 2.05) is 30.1 Å². The first kappa shape index (κ1) is 17.6. The Morgan fingerprint density at radius 2 is 2.12 bits per heavy atom. The number of benzene rings is 1. The normalized spacial score (nSPS) is 13.2. The molecule has 1 heterocycles. The topological polar surface area (TPSA) is 59.4 Å². The molecule has 1 aromatic heterocycles. The van der Waals surface area contributed by atoms with Gasteiger partial charge < -0.3 is 10.1 Å². The highest BCUT2D eigenvalue weighted by atomic mass is 16.5. The lowest BCUT2D eigenvalue weighted by atomic mass is 10.2. The van der Waals surface area contributed by atoms with Crippen LogP contribution in [0.5, 0.6) is 0 Å². The van der Waals surface area contributed by atoms with Gasteiger partial charge in [-0.05, 0) is 44.0 Å². The van der Waals surface area contributed by atoms with Crippen LogP contribution in [0.15, 0.2) is 30.3 Å². The van der Waals surface area contributed by atoms with Crippen LogP contribution >= 0.6 is 0 Å². The molecule has 0 bridgehead atoms. The van der Waals surface area contributed by atoms with Crippen LogP contribution in [0.25, 0.3) is 5.69 Å². The molecular weight excluding hydrogens is 316 g/mol. The quantitative estimate of drug-likeness (QED) is 0.740. The van der Waals surface area contributed by atoms with Crippen molar-refractivity contribution in [1.82, 2.24) is 20.0 Å². The van der Waals surface area contributed by atoms with Crippen LogP contribution in [0, 0.1) is 0 Å². The van der Waals surface area contributed by atoms with Crippen molar-refractivity contribution in [2.24, 2.45) is 0 Å². The second-order valence-corrected chi connectivity index (χ2v) is 6.49. The fourth-order valence-corrected chi connectivity index (χ4v) is 3.33. The van der Waals surface area contributed by atoms with Crippen LogP contribution in [0.4, 0.5) is 0 Å².